The quantitative estimate of drug-likeness (QED) is 0.281. The molecule has 0 aliphatic heterocycles. The molecule has 1 aromatic heterocycles. The topological polar surface area (TPSA) is 71.1 Å². The van der Waals surface area contributed by atoms with Gasteiger partial charge in [-0.3, -0.25) is 9.59 Å². The number of nitrogens with zero attached hydrogens (tertiary/aromatic N) is 1. The zero-order valence-corrected chi connectivity index (χ0v) is 20.8. The lowest BCUT2D eigenvalue weighted by Gasteiger charge is -2.12. The minimum Gasteiger partial charge on any atom is -0.322 e. The Labute approximate surface area is 207 Å². The average molecular weight is 488 g/mol. The summed E-state index contributed by atoms with van der Waals surface area (Å²) in [5, 5.41) is 6.14. The number of nitrogens with one attached hydrogen (secondary N) is 2. The van der Waals surface area contributed by atoms with Gasteiger partial charge in [-0.15, -0.1) is 23.1 Å². The molecule has 4 aromatic rings. The van der Waals surface area contributed by atoms with E-state index in [1.165, 1.54) is 23.1 Å². The van der Waals surface area contributed by atoms with Crippen molar-refractivity contribution < 1.29 is 9.59 Å². The molecular weight excluding hydrogens is 462 g/mol. The Hall–Kier alpha value is -3.42. The van der Waals surface area contributed by atoms with Gasteiger partial charge in [-0.25, -0.2) is 4.98 Å². The van der Waals surface area contributed by atoms with Gasteiger partial charge in [0.2, 0.25) is 5.91 Å². The molecule has 0 saturated carbocycles. The van der Waals surface area contributed by atoms with Crippen LogP contribution in [0.5, 0.6) is 0 Å². The summed E-state index contributed by atoms with van der Waals surface area (Å²) in [6.07, 6.45) is 0. The van der Waals surface area contributed by atoms with Crippen molar-refractivity contribution in [2.45, 2.75) is 30.9 Å². The van der Waals surface area contributed by atoms with Gasteiger partial charge in [0.15, 0.2) is 5.13 Å². The first-order valence-corrected chi connectivity index (χ1v) is 12.6. The summed E-state index contributed by atoms with van der Waals surface area (Å²) in [5.41, 5.74) is 4.17. The molecule has 2 N–H and O–H groups in total. The van der Waals surface area contributed by atoms with Gasteiger partial charge in [-0.2, -0.15) is 0 Å². The highest BCUT2D eigenvalue weighted by Crippen LogP contribution is 2.31. The van der Waals surface area contributed by atoms with Crippen LogP contribution >= 0.6 is 23.1 Å². The number of rotatable bonds is 7. The number of thioether (sulfide) groups is 1. The molecule has 7 heteroatoms. The highest BCUT2D eigenvalue weighted by Gasteiger charge is 2.18. The number of thiazole rings is 1. The minimum absolute atomic E-state index is 0.118. The zero-order chi connectivity index (χ0) is 24.1. The molecular formula is C27H25N3O2S2. The number of anilines is 2. The number of carbonyl (C=O) groups is 2. The van der Waals surface area contributed by atoms with E-state index in [-0.39, 0.29) is 17.1 Å². The Morgan fingerprint density at radius 2 is 1.65 bits per heavy atom. The van der Waals surface area contributed by atoms with Crippen molar-refractivity contribution in [1.29, 1.82) is 0 Å². The fourth-order valence-electron chi connectivity index (χ4n) is 3.45. The summed E-state index contributed by atoms with van der Waals surface area (Å²) in [6, 6.07) is 24.9. The lowest BCUT2D eigenvalue weighted by molar-refractivity contribution is -0.115. The molecule has 1 heterocycles. The molecule has 0 aliphatic rings. The van der Waals surface area contributed by atoms with E-state index in [0.717, 1.165) is 26.6 Å². The summed E-state index contributed by atoms with van der Waals surface area (Å²) in [6.45, 7) is 5.77. The fraction of sp³-hybridized carbons (Fsp3) is 0.148. The highest BCUT2D eigenvalue weighted by molar-refractivity contribution is 8.00. The first-order valence-electron chi connectivity index (χ1n) is 10.9. The van der Waals surface area contributed by atoms with Crippen molar-refractivity contribution in [3.63, 3.8) is 0 Å². The SMILES string of the molecule is Cc1ccccc1C(=O)Nc1cccc(SC(C)C(=O)Nc2nc(-c3ccccc3)c(C)s2)c1. The Bertz CT molecular complexity index is 1320. The summed E-state index contributed by atoms with van der Waals surface area (Å²) in [5.74, 6) is -0.271. The van der Waals surface area contributed by atoms with Crippen molar-refractivity contribution in [2.24, 2.45) is 0 Å². The first-order chi connectivity index (χ1) is 16.4. The molecule has 5 nitrogen and oxygen atoms in total. The molecule has 34 heavy (non-hydrogen) atoms. The summed E-state index contributed by atoms with van der Waals surface area (Å²) in [4.78, 5) is 32.0. The van der Waals surface area contributed by atoms with Gasteiger partial charge < -0.3 is 10.6 Å². The molecule has 4 rings (SSSR count). The molecule has 0 bridgehead atoms. The predicted molar refractivity (Wildman–Crippen MR) is 142 cm³/mol. The van der Waals surface area contributed by atoms with Crippen LogP contribution in [-0.2, 0) is 4.79 Å². The maximum atomic E-state index is 12.8. The van der Waals surface area contributed by atoms with Gasteiger partial charge >= 0.3 is 0 Å². The second-order valence-electron chi connectivity index (χ2n) is 7.84. The average Bonchev–Trinajstić information content (AvgIpc) is 3.19. The lowest BCUT2D eigenvalue weighted by Crippen LogP contribution is -2.22. The van der Waals surface area contributed by atoms with Gasteiger partial charge in [0.05, 0.1) is 10.9 Å². The number of aromatic nitrogens is 1. The van der Waals surface area contributed by atoms with E-state index >= 15 is 0 Å². The first kappa shape index (κ1) is 23.7. The molecule has 0 fully saturated rings. The number of hydrogen-bond acceptors (Lipinski definition) is 5. The van der Waals surface area contributed by atoms with Gasteiger partial charge in [-0.1, -0.05) is 54.6 Å². The lowest BCUT2D eigenvalue weighted by atomic mass is 10.1. The van der Waals surface area contributed by atoms with Crippen LogP contribution in [0.1, 0.15) is 27.7 Å². The van der Waals surface area contributed by atoms with Crippen LogP contribution in [0.2, 0.25) is 0 Å². The third kappa shape index (κ3) is 5.73. The molecule has 0 saturated heterocycles. The number of amides is 2. The largest absolute Gasteiger partial charge is 0.322 e. The van der Waals surface area contributed by atoms with Crippen LogP contribution in [-0.4, -0.2) is 22.0 Å². The van der Waals surface area contributed by atoms with E-state index in [1.807, 2.05) is 93.6 Å². The van der Waals surface area contributed by atoms with Crippen molar-refractivity contribution in [2.75, 3.05) is 10.6 Å². The zero-order valence-electron chi connectivity index (χ0n) is 19.2. The maximum Gasteiger partial charge on any atom is 0.255 e. The predicted octanol–water partition coefficient (Wildman–Crippen LogP) is 6.80. The molecule has 2 amide bonds. The Kier molecular flexibility index (Phi) is 7.45. The van der Waals surface area contributed by atoms with E-state index in [0.29, 0.717) is 16.4 Å². The second kappa shape index (κ2) is 10.7. The van der Waals surface area contributed by atoms with E-state index in [2.05, 4.69) is 15.6 Å². The normalized spacial score (nSPS) is 11.6. The van der Waals surface area contributed by atoms with Crippen molar-refractivity contribution in [1.82, 2.24) is 4.98 Å². The molecule has 0 aliphatic carbocycles. The second-order valence-corrected chi connectivity index (χ2v) is 10.5. The fourth-order valence-corrected chi connectivity index (χ4v) is 5.22. The van der Waals surface area contributed by atoms with Gasteiger partial charge in [0.25, 0.3) is 5.91 Å². The maximum absolute atomic E-state index is 12.8. The molecule has 0 radical (unpaired) electrons. The van der Waals surface area contributed by atoms with Crippen LogP contribution in [0, 0.1) is 13.8 Å². The van der Waals surface area contributed by atoms with Gasteiger partial charge in [-0.05, 0) is 50.6 Å². The van der Waals surface area contributed by atoms with Crippen molar-refractivity contribution in [3.8, 4) is 11.3 Å². The van der Waals surface area contributed by atoms with Crippen LogP contribution < -0.4 is 10.6 Å². The third-order valence-corrected chi connectivity index (χ3v) is 7.22. The summed E-state index contributed by atoms with van der Waals surface area (Å²) < 4.78 is 0. The minimum atomic E-state index is -0.341. The Balaban J connectivity index is 1.39. The smallest absolute Gasteiger partial charge is 0.255 e. The monoisotopic (exact) mass is 487 g/mol. The molecule has 172 valence electrons. The van der Waals surface area contributed by atoms with Crippen LogP contribution in [0.15, 0.2) is 83.8 Å². The molecule has 1 unspecified atom stereocenters. The van der Waals surface area contributed by atoms with Crippen LogP contribution in [0.25, 0.3) is 11.3 Å². The number of benzene rings is 3. The Morgan fingerprint density at radius 1 is 0.912 bits per heavy atom. The van der Waals surface area contributed by atoms with Gasteiger partial charge in [0, 0.05) is 26.6 Å². The number of carbonyl (C=O) groups excluding carboxylic acids is 2. The van der Waals surface area contributed by atoms with Crippen LogP contribution in [0.4, 0.5) is 10.8 Å². The van der Waals surface area contributed by atoms with Gasteiger partial charge in [0.1, 0.15) is 0 Å². The van der Waals surface area contributed by atoms with Crippen LogP contribution in [0.3, 0.4) is 0 Å². The standard InChI is InChI=1S/C27H25N3O2S2/c1-17-10-7-8-15-23(17)26(32)28-21-13-9-14-22(16-21)33-19(3)25(31)30-27-29-24(18(2)34-27)20-11-5-4-6-12-20/h4-16,19H,1-3H3,(H,28,32)(H,29,30,31). The van der Waals surface area contributed by atoms with Crippen molar-refractivity contribution >= 4 is 45.7 Å². The molecule has 3 aromatic carbocycles. The number of hydrogen-bond donors (Lipinski definition) is 2. The van der Waals surface area contributed by atoms with E-state index in [9.17, 15) is 9.59 Å². The summed E-state index contributed by atoms with van der Waals surface area (Å²) >= 11 is 2.90. The van der Waals surface area contributed by atoms with E-state index in [1.54, 1.807) is 6.07 Å². The third-order valence-electron chi connectivity index (χ3n) is 5.24. The number of aryl methyl sites for hydroxylation is 2. The molecule has 1 atom stereocenters. The van der Waals surface area contributed by atoms with E-state index in [4.69, 9.17) is 0 Å². The summed E-state index contributed by atoms with van der Waals surface area (Å²) in [7, 11) is 0. The molecule has 0 spiro atoms. The Morgan fingerprint density at radius 3 is 2.41 bits per heavy atom. The highest BCUT2D eigenvalue weighted by atomic mass is 32.2. The van der Waals surface area contributed by atoms with Crippen molar-refractivity contribution in [3.05, 3.63) is 94.9 Å². The van der Waals surface area contributed by atoms with E-state index < -0.39 is 0 Å².